The predicted molar refractivity (Wildman–Crippen MR) is 118 cm³/mol. The van der Waals surface area contributed by atoms with Gasteiger partial charge in [-0.05, 0) is 22.3 Å². The Labute approximate surface area is 188 Å². The minimum Gasteiger partial charge on any atom is -0.480 e. The highest BCUT2D eigenvalue weighted by atomic mass is 32.1. The Morgan fingerprint density at radius 3 is 2.31 bits per heavy atom. The summed E-state index contributed by atoms with van der Waals surface area (Å²) in [5.74, 6) is -1.86. The Bertz CT molecular complexity index is 1090. The molecule has 1 aliphatic rings. The van der Waals surface area contributed by atoms with Crippen LogP contribution in [0.5, 0.6) is 0 Å². The standard InChI is InChI=1S/C23H21N3O5S/c27-21(26-20(22(28)29)9-14-10-24-13-32-14)11-25-23(30)31-12-19-17-7-3-1-5-15(17)16-6-2-4-8-18(16)19/h1-8,10,13,19-20H,9,11-12H2,(H,25,30)(H,26,27)(H,28,29). The molecule has 1 unspecified atom stereocenters. The van der Waals surface area contributed by atoms with Gasteiger partial charge in [-0.2, -0.15) is 0 Å². The van der Waals surface area contributed by atoms with Gasteiger partial charge < -0.3 is 20.5 Å². The van der Waals surface area contributed by atoms with Crippen molar-refractivity contribution in [3.63, 3.8) is 0 Å². The zero-order valence-electron chi connectivity index (χ0n) is 17.0. The zero-order valence-corrected chi connectivity index (χ0v) is 17.8. The molecule has 1 aliphatic carbocycles. The number of carboxylic acid groups (broad SMARTS) is 1. The van der Waals surface area contributed by atoms with Crippen molar-refractivity contribution in [2.75, 3.05) is 13.2 Å². The monoisotopic (exact) mass is 451 g/mol. The number of ether oxygens (including phenoxy) is 1. The van der Waals surface area contributed by atoms with Crippen molar-refractivity contribution in [2.24, 2.45) is 0 Å². The SMILES string of the molecule is O=C(CNC(=O)OCC1c2ccccc2-c2ccccc21)NC(Cc1cncs1)C(=O)O. The summed E-state index contributed by atoms with van der Waals surface area (Å²) in [7, 11) is 0. The van der Waals surface area contributed by atoms with Crippen molar-refractivity contribution in [1.29, 1.82) is 0 Å². The lowest BCUT2D eigenvalue weighted by Crippen LogP contribution is -2.46. The van der Waals surface area contributed by atoms with Crippen molar-refractivity contribution in [3.05, 3.63) is 76.2 Å². The van der Waals surface area contributed by atoms with Crippen molar-refractivity contribution in [2.45, 2.75) is 18.4 Å². The van der Waals surface area contributed by atoms with Crippen LogP contribution < -0.4 is 10.6 Å². The second-order valence-corrected chi connectivity index (χ2v) is 8.28. The highest BCUT2D eigenvalue weighted by Gasteiger charge is 2.29. The van der Waals surface area contributed by atoms with Gasteiger partial charge in [0.05, 0.1) is 5.51 Å². The number of thiazole rings is 1. The third-order valence-electron chi connectivity index (χ3n) is 5.26. The summed E-state index contributed by atoms with van der Waals surface area (Å²) < 4.78 is 5.37. The molecule has 32 heavy (non-hydrogen) atoms. The maximum atomic E-state index is 12.2. The van der Waals surface area contributed by atoms with Crippen LogP contribution in [0.4, 0.5) is 4.79 Å². The number of hydrogen-bond donors (Lipinski definition) is 3. The van der Waals surface area contributed by atoms with E-state index in [1.54, 1.807) is 11.7 Å². The van der Waals surface area contributed by atoms with E-state index >= 15 is 0 Å². The highest BCUT2D eigenvalue weighted by molar-refractivity contribution is 7.09. The van der Waals surface area contributed by atoms with Crippen LogP contribution in [0.3, 0.4) is 0 Å². The number of aromatic nitrogens is 1. The fraction of sp³-hybridized carbons (Fsp3) is 0.217. The molecule has 0 bridgehead atoms. The molecule has 0 fully saturated rings. The van der Waals surface area contributed by atoms with Gasteiger partial charge in [0.2, 0.25) is 5.91 Å². The molecular formula is C23H21N3O5S. The van der Waals surface area contributed by atoms with Gasteiger partial charge in [-0.15, -0.1) is 11.3 Å². The third-order valence-corrected chi connectivity index (χ3v) is 6.06. The van der Waals surface area contributed by atoms with E-state index in [1.807, 2.05) is 48.5 Å². The summed E-state index contributed by atoms with van der Waals surface area (Å²) in [6, 6.07) is 14.9. The number of carbonyl (C=O) groups is 3. The van der Waals surface area contributed by atoms with Gasteiger partial charge in [-0.25, -0.2) is 9.59 Å². The normalized spacial score (nSPS) is 13.0. The minimum atomic E-state index is -1.16. The van der Waals surface area contributed by atoms with E-state index < -0.39 is 24.0 Å². The first-order chi connectivity index (χ1) is 15.5. The van der Waals surface area contributed by atoms with Gasteiger partial charge in [0, 0.05) is 23.4 Å². The van der Waals surface area contributed by atoms with Gasteiger partial charge in [-0.1, -0.05) is 48.5 Å². The molecule has 0 spiro atoms. The molecule has 1 aromatic heterocycles. The Kier molecular flexibility index (Phi) is 6.46. The molecule has 8 nitrogen and oxygen atoms in total. The smallest absolute Gasteiger partial charge is 0.407 e. The number of fused-ring (bicyclic) bond motifs is 3. The maximum absolute atomic E-state index is 12.2. The summed E-state index contributed by atoms with van der Waals surface area (Å²) in [6.45, 7) is -0.256. The first-order valence-corrected chi connectivity index (χ1v) is 10.9. The number of aliphatic carboxylic acids is 1. The van der Waals surface area contributed by atoms with E-state index in [2.05, 4.69) is 15.6 Å². The lowest BCUT2D eigenvalue weighted by atomic mass is 9.98. The molecule has 1 atom stereocenters. The second-order valence-electron chi connectivity index (χ2n) is 7.31. The summed E-state index contributed by atoms with van der Waals surface area (Å²) in [6.07, 6.45) is 0.939. The van der Waals surface area contributed by atoms with Crippen LogP contribution in [0.1, 0.15) is 21.9 Å². The lowest BCUT2D eigenvalue weighted by molar-refractivity contribution is -0.141. The van der Waals surface area contributed by atoms with Crippen LogP contribution >= 0.6 is 11.3 Å². The number of hydrogen-bond acceptors (Lipinski definition) is 6. The summed E-state index contributed by atoms with van der Waals surface area (Å²) >= 11 is 1.31. The third kappa shape index (κ3) is 4.78. The van der Waals surface area contributed by atoms with Crippen LogP contribution in [0.25, 0.3) is 11.1 Å². The number of nitrogens with zero attached hydrogens (tertiary/aromatic N) is 1. The van der Waals surface area contributed by atoms with Crippen LogP contribution in [-0.2, 0) is 20.7 Å². The maximum Gasteiger partial charge on any atom is 0.407 e. The fourth-order valence-electron chi connectivity index (χ4n) is 3.79. The molecule has 4 rings (SSSR count). The van der Waals surface area contributed by atoms with Crippen molar-refractivity contribution in [1.82, 2.24) is 15.6 Å². The number of carboxylic acids is 1. The summed E-state index contributed by atoms with van der Waals surface area (Å²) in [5.41, 5.74) is 6.02. The van der Waals surface area contributed by atoms with E-state index in [0.29, 0.717) is 0 Å². The van der Waals surface area contributed by atoms with Crippen molar-refractivity contribution < 1.29 is 24.2 Å². The molecule has 2 aromatic carbocycles. The Balaban J connectivity index is 1.29. The highest BCUT2D eigenvalue weighted by Crippen LogP contribution is 2.44. The Morgan fingerprint density at radius 2 is 1.72 bits per heavy atom. The van der Waals surface area contributed by atoms with E-state index in [0.717, 1.165) is 27.1 Å². The quantitative estimate of drug-likeness (QED) is 0.485. The van der Waals surface area contributed by atoms with E-state index in [1.165, 1.54) is 11.3 Å². The molecule has 1 heterocycles. The Morgan fingerprint density at radius 1 is 1.06 bits per heavy atom. The zero-order chi connectivity index (χ0) is 22.5. The Hall–Kier alpha value is -3.72. The van der Waals surface area contributed by atoms with Crippen LogP contribution in [0.2, 0.25) is 0 Å². The van der Waals surface area contributed by atoms with Gasteiger partial charge in [0.25, 0.3) is 0 Å². The van der Waals surface area contributed by atoms with Crippen molar-refractivity contribution >= 4 is 29.3 Å². The topological polar surface area (TPSA) is 118 Å². The van der Waals surface area contributed by atoms with Gasteiger partial charge >= 0.3 is 12.1 Å². The molecule has 164 valence electrons. The van der Waals surface area contributed by atoms with E-state index in [4.69, 9.17) is 4.74 Å². The van der Waals surface area contributed by atoms with E-state index in [-0.39, 0.29) is 25.5 Å². The molecule has 9 heteroatoms. The van der Waals surface area contributed by atoms with Crippen LogP contribution in [0, 0.1) is 0 Å². The number of alkyl carbamates (subject to hydrolysis) is 1. The number of carbonyl (C=O) groups excluding carboxylic acids is 2. The van der Waals surface area contributed by atoms with E-state index in [9.17, 15) is 19.5 Å². The first-order valence-electron chi connectivity index (χ1n) is 10.0. The summed E-state index contributed by atoms with van der Waals surface area (Å²) in [4.78, 5) is 40.3. The van der Waals surface area contributed by atoms with Gasteiger partial charge in [0.1, 0.15) is 19.2 Å². The summed E-state index contributed by atoms with van der Waals surface area (Å²) in [5, 5.41) is 14.1. The van der Waals surface area contributed by atoms with Crippen LogP contribution in [0.15, 0.2) is 60.2 Å². The first kappa shape index (κ1) is 21.5. The average Bonchev–Trinajstić information content (AvgIpc) is 3.42. The van der Waals surface area contributed by atoms with Crippen LogP contribution in [-0.4, -0.2) is 47.3 Å². The van der Waals surface area contributed by atoms with Gasteiger partial charge in [0.15, 0.2) is 0 Å². The molecule has 3 N–H and O–H groups in total. The number of nitrogens with one attached hydrogen (secondary N) is 2. The lowest BCUT2D eigenvalue weighted by Gasteiger charge is -2.16. The number of amides is 2. The number of rotatable bonds is 8. The molecular weight excluding hydrogens is 430 g/mol. The molecule has 0 saturated heterocycles. The molecule has 3 aromatic rings. The predicted octanol–water partition coefficient (Wildman–Crippen LogP) is 2.79. The molecule has 0 saturated carbocycles. The minimum absolute atomic E-state index is 0.0854. The largest absolute Gasteiger partial charge is 0.480 e. The molecule has 0 aliphatic heterocycles. The number of benzene rings is 2. The molecule has 0 radical (unpaired) electrons. The average molecular weight is 452 g/mol. The van der Waals surface area contributed by atoms with Crippen molar-refractivity contribution in [3.8, 4) is 11.1 Å². The molecule has 2 amide bonds. The fourth-order valence-corrected chi connectivity index (χ4v) is 4.43. The van der Waals surface area contributed by atoms with Gasteiger partial charge in [-0.3, -0.25) is 9.78 Å². The second kappa shape index (κ2) is 9.61.